The van der Waals surface area contributed by atoms with E-state index in [-0.39, 0.29) is 12.4 Å². The van der Waals surface area contributed by atoms with E-state index in [9.17, 15) is 0 Å². The van der Waals surface area contributed by atoms with E-state index in [2.05, 4.69) is 18.3 Å². The van der Waals surface area contributed by atoms with E-state index in [1.807, 2.05) is 13.2 Å². The van der Waals surface area contributed by atoms with Crippen LogP contribution in [-0.2, 0) is 0 Å². The highest BCUT2D eigenvalue weighted by molar-refractivity contribution is 5.85. The minimum absolute atomic E-state index is 0. The van der Waals surface area contributed by atoms with Gasteiger partial charge in [-0.25, -0.2) is 0 Å². The number of hydrogen-bond donors (Lipinski definition) is 1. The molecule has 0 aromatic heterocycles. The van der Waals surface area contributed by atoms with Gasteiger partial charge in [0.05, 0.1) is 0 Å². The average molecular weight is 136 g/mol. The SMILES string of the molecule is CCCC=CNC.Cl. The van der Waals surface area contributed by atoms with Crippen LogP contribution < -0.4 is 5.32 Å². The summed E-state index contributed by atoms with van der Waals surface area (Å²) < 4.78 is 0. The number of hydrogen-bond acceptors (Lipinski definition) is 1. The van der Waals surface area contributed by atoms with Gasteiger partial charge in [-0.3, -0.25) is 0 Å². The molecule has 0 rings (SSSR count). The van der Waals surface area contributed by atoms with Crippen LogP contribution in [0.4, 0.5) is 0 Å². The third-order valence-corrected chi connectivity index (χ3v) is 0.740. The van der Waals surface area contributed by atoms with Crippen LogP contribution in [0.25, 0.3) is 0 Å². The molecule has 0 unspecified atom stereocenters. The van der Waals surface area contributed by atoms with E-state index >= 15 is 0 Å². The largest absolute Gasteiger partial charge is 0.394 e. The smallest absolute Gasteiger partial charge is 0.00276 e. The monoisotopic (exact) mass is 135 g/mol. The molecule has 0 aliphatic carbocycles. The number of halogens is 1. The Labute approximate surface area is 57.6 Å². The number of allylic oxidation sites excluding steroid dienone is 1. The van der Waals surface area contributed by atoms with Crippen molar-refractivity contribution in [1.29, 1.82) is 0 Å². The first-order valence-electron chi connectivity index (χ1n) is 2.74. The van der Waals surface area contributed by atoms with Gasteiger partial charge in [-0.1, -0.05) is 19.4 Å². The van der Waals surface area contributed by atoms with Gasteiger partial charge >= 0.3 is 0 Å². The molecular formula is C6H14ClN. The molecule has 0 radical (unpaired) electrons. The molecule has 0 saturated heterocycles. The van der Waals surface area contributed by atoms with E-state index in [4.69, 9.17) is 0 Å². The summed E-state index contributed by atoms with van der Waals surface area (Å²) in [5, 5.41) is 2.92. The lowest BCUT2D eigenvalue weighted by Gasteiger charge is -1.83. The normalized spacial score (nSPS) is 8.75. The molecule has 0 atom stereocenters. The van der Waals surface area contributed by atoms with E-state index in [1.165, 1.54) is 12.8 Å². The van der Waals surface area contributed by atoms with Crippen LogP contribution in [-0.4, -0.2) is 7.05 Å². The van der Waals surface area contributed by atoms with Crippen molar-refractivity contribution in [2.75, 3.05) is 7.05 Å². The summed E-state index contributed by atoms with van der Waals surface area (Å²) in [7, 11) is 1.91. The van der Waals surface area contributed by atoms with Gasteiger partial charge in [0, 0.05) is 7.05 Å². The highest BCUT2D eigenvalue weighted by Gasteiger charge is 1.67. The Morgan fingerprint density at radius 3 is 2.50 bits per heavy atom. The lowest BCUT2D eigenvalue weighted by Crippen LogP contribution is -1.90. The molecule has 50 valence electrons. The first-order valence-corrected chi connectivity index (χ1v) is 2.74. The Hall–Kier alpha value is -0.170. The maximum atomic E-state index is 2.92. The summed E-state index contributed by atoms with van der Waals surface area (Å²) in [5.41, 5.74) is 0. The Morgan fingerprint density at radius 1 is 1.50 bits per heavy atom. The van der Waals surface area contributed by atoms with Crippen molar-refractivity contribution in [1.82, 2.24) is 5.32 Å². The quantitative estimate of drug-likeness (QED) is 0.624. The predicted molar refractivity (Wildman–Crippen MR) is 40.4 cm³/mol. The third kappa shape index (κ3) is 9.27. The lowest BCUT2D eigenvalue weighted by molar-refractivity contribution is 0.943. The van der Waals surface area contributed by atoms with Crippen molar-refractivity contribution < 1.29 is 0 Å². The molecule has 1 nitrogen and oxygen atoms in total. The predicted octanol–water partition coefficient (Wildman–Crippen LogP) is 1.94. The summed E-state index contributed by atoms with van der Waals surface area (Å²) in [4.78, 5) is 0. The standard InChI is InChI=1S/C6H13N.ClH/c1-3-4-5-6-7-2;/h5-7H,3-4H2,1-2H3;1H. The Balaban J connectivity index is 0. The summed E-state index contributed by atoms with van der Waals surface area (Å²) in [6.45, 7) is 2.17. The fourth-order valence-electron chi connectivity index (χ4n) is 0.368. The Bertz CT molecular complexity index is 52.5. The van der Waals surface area contributed by atoms with Gasteiger partial charge in [0.1, 0.15) is 0 Å². The van der Waals surface area contributed by atoms with Crippen molar-refractivity contribution in [3.05, 3.63) is 12.3 Å². The molecule has 8 heavy (non-hydrogen) atoms. The topological polar surface area (TPSA) is 12.0 Å². The zero-order chi connectivity index (χ0) is 5.54. The molecule has 0 heterocycles. The van der Waals surface area contributed by atoms with Crippen molar-refractivity contribution in [2.45, 2.75) is 19.8 Å². The minimum atomic E-state index is 0. The second-order valence-corrected chi connectivity index (χ2v) is 1.48. The molecule has 0 aromatic rings. The molecule has 1 N–H and O–H groups in total. The van der Waals surface area contributed by atoms with Gasteiger partial charge < -0.3 is 5.32 Å². The molecule has 0 saturated carbocycles. The van der Waals surface area contributed by atoms with Crippen LogP contribution in [0.3, 0.4) is 0 Å². The molecule has 0 fully saturated rings. The van der Waals surface area contributed by atoms with Crippen molar-refractivity contribution in [3.63, 3.8) is 0 Å². The van der Waals surface area contributed by atoms with Crippen LogP contribution in [0.15, 0.2) is 12.3 Å². The van der Waals surface area contributed by atoms with Crippen LogP contribution in [0.1, 0.15) is 19.8 Å². The van der Waals surface area contributed by atoms with E-state index in [0.717, 1.165) is 0 Å². The molecule has 2 heteroatoms. The summed E-state index contributed by atoms with van der Waals surface area (Å²) >= 11 is 0. The Kier molecular flexibility index (Phi) is 13.4. The van der Waals surface area contributed by atoms with Gasteiger partial charge in [0.2, 0.25) is 0 Å². The maximum absolute atomic E-state index is 2.92. The van der Waals surface area contributed by atoms with Crippen LogP contribution in [0.2, 0.25) is 0 Å². The van der Waals surface area contributed by atoms with E-state index < -0.39 is 0 Å². The van der Waals surface area contributed by atoms with Gasteiger partial charge in [0.15, 0.2) is 0 Å². The van der Waals surface area contributed by atoms with Crippen molar-refractivity contribution >= 4 is 12.4 Å². The molecule has 0 aromatic carbocycles. The number of unbranched alkanes of at least 4 members (excludes halogenated alkanes) is 1. The van der Waals surface area contributed by atoms with Gasteiger partial charge in [0.25, 0.3) is 0 Å². The minimum Gasteiger partial charge on any atom is -0.394 e. The highest BCUT2D eigenvalue weighted by atomic mass is 35.5. The summed E-state index contributed by atoms with van der Waals surface area (Å²) in [6.07, 6.45) is 6.50. The molecular weight excluding hydrogens is 122 g/mol. The first kappa shape index (κ1) is 10.7. The molecule has 0 aliphatic rings. The van der Waals surface area contributed by atoms with Gasteiger partial charge in [-0.2, -0.15) is 0 Å². The van der Waals surface area contributed by atoms with Crippen molar-refractivity contribution in [3.8, 4) is 0 Å². The summed E-state index contributed by atoms with van der Waals surface area (Å²) in [5.74, 6) is 0. The number of nitrogens with one attached hydrogen (secondary N) is 1. The van der Waals surface area contributed by atoms with Crippen LogP contribution >= 0.6 is 12.4 Å². The zero-order valence-electron chi connectivity index (χ0n) is 5.48. The second-order valence-electron chi connectivity index (χ2n) is 1.48. The van der Waals surface area contributed by atoms with Gasteiger partial charge in [-0.15, -0.1) is 12.4 Å². The average Bonchev–Trinajstić information content (AvgIpc) is 1.69. The lowest BCUT2D eigenvalue weighted by atomic mass is 10.3. The van der Waals surface area contributed by atoms with Crippen molar-refractivity contribution in [2.24, 2.45) is 0 Å². The molecule has 0 bridgehead atoms. The molecule has 0 spiro atoms. The fourth-order valence-corrected chi connectivity index (χ4v) is 0.368. The van der Waals surface area contributed by atoms with E-state index in [1.54, 1.807) is 0 Å². The molecule has 0 aliphatic heterocycles. The van der Waals surface area contributed by atoms with Gasteiger partial charge in [-0.05, 0) is 12.6 Å². The number of rotatable bonds is 3. The first-order chi connectivity index (χ1) is 3.41. The Morgan fingerprint density at radius 2 is 2.12 bits per heavy atom. The molecule has 0 amide bonds. The summed E-state index contributed by atoms with van der Waals surface area (Å²) in [6, 6.07) is 0. The second kappa shape index (κ2) is 9.95. The fraction of sp³-hybridized carbons (Fsp3) is 0.667. The van der Waals surface area contributed by atoms with Crippen LogP contribution in [0, 0.1) is 0 Å². The third-order valence-electron chi connectivity index (χ3n) is 0.740. The van der Waals surface area contributed by atoms with E-state index in [0.29, 0.717) is 0 Å². The highest BCUT2D eigenvalue weighted by Crippen LogP contribution is 1.84. The van der Waals surface area contributed by atoms with Crippen LogP contribution in [0.5, 0.6) is 0 Å². The zero-order valence-corrected chi connectivity index (χ0v) is 6.29. The maximum Gasteiger partial charge on any atom is 0.00276 e.